The average molecular weight is 350 g/mol. The first-order chi connectivity index (χ1) is 12.4. The van der Waals surface area contributed by atoms with Gasteiger partial charge in [-0.05, 0) is 58.6 Å². The van der Waals surface area contributed by atoms with E-state index in [0.717, 1.165) is 0 Å². The molecule has 3 unspecified atom stereocenters. The van der Waals surface area contributed by atoms with Crippen LogP contribution >= 0.6 is 0 Å². The molecule has 1 fully saturated rings. The van der Waals surface area contributed by atoms with Crippen LogP contribution in [0.3, 0.4) is 0 Å². The van der Waals surface area contributed by atoms with E-state index in [1.165, 1.54) is 41.7 Å². The highest BCUT2D eigenvalue weighted by Crippen LogP contribution is 2.67. The molecule has 4 rings (SSSR count). The van der Waals surface area contributed by atoms with Gasteiger partial charge in [0.15, 0.2) is 0 Å². The number of benzene rings is 1. The molecule has 0 bridgehead atoms. The first-order valence-electron chi connectivity index (χ1n) is 10.3. The molecule has 1 saturated carbocycles. The van der Waals surface area contributed by atoms with Gasteiger partial charge >= 0.3 is 0 Å². The van der Waals surface area contributed by atoms with E-state index in [2.05, 4.69) is 82.0 Å². The molecule has 3 aliphatic rings. The summed E-state index contributed by atoms with van der Waals surface area (Å²) >= 11 is 0. The second-order valence-electron chi connectivity index (χ2n) is 8.46. The summed E-state index contributed by atoms with van der Waals surface area (Å²) < 4.78 is 0. The first-order valence-corrected chi connectivity index (χ1v) is 10.3. The molecule has 1 nitrogen and oxygen atoms in total. The Kier molecular flexibility index (Phi) is 4.94. The van der Waals surface area contributed by atoms with Crippen LogP contribution in [-0.4, -0.2) is 11.6 Å². The van der Waals surface area contributed by atoms with Crippen molar-refractivity contribution in [2.24, 2.45) is 5.41 Å². The molecule has 0 spiro atoms. The zero-order valence-electron chi connectivity index (χ0n) is 17.7. The summed E-state index contributed by atoms with van der Waals surface area (Å²) in [5.41, 5.74) is 8.00. The lowest BCUT2D eigenvalue weighted by molar-refractivity contribution is 0.470. The van der Waals surface area contributed by atoms with Gasteiger partial charge in [-0.1, -0.05) is 73.9 Å². The zero-order valence-corrected chi connectivity index (χ0v) is 17.7. The van der Waals surface area contributed by atoms with Gasteiger partial charge in [0.2, 0.25) is 0 Å². The number of nitrogens with zero attached hydrogens (tertiary/aromatic N) is 1. The summed E-state index contributed by atoms with van der Waals surface area (Å²) in [6, 6.07) is 9.32. The topological polar surface area (TPSA) is 3.24 Å². The molecule has 1 aromatic rings. The maximum absolute atomic E-state index is 2.69. The second kappa shape index (κ2) is 6.76. The van der Waals surface area contributed by atoms with Crippen molar-refractivity contribution in [1.82, 2.24) is 0 Å². The second-order valence-corrected chi connectivity index (χ2v) is 8.46. The van der Waals surface area contributed by atoms with E-state index in [-0.39, 0.29) is 5.54 Å². The SMILES string of the molecule is CC.CC1=CC(C)=C(C2(C)CC2(C)N2c3ccccc3C=CC2C)CC1. The van der Waals surface area contributed by atoms with E-state index < -0.39 is 0 Å². The van der Waals surface area contributed by atoms with Crippen molar-refractivity contribution in [1.29, 1.82) is 0 Å². The average Bonchev–Trinajstić information content (AvgIpc) is 3.19. The van der Waals surface area contributed by atoms with Crippen molar-refractivity contribution in [2.75, 3.05) is 4.90 Å². The van der Waals surface area contributed by atoms with E-state index in [0.29, 0.717) is 11.5 Å². The van der Waals surface area contributed by atoms with Gasteiger partial charge in [-0.15, -0.1) is 0 Å². The van der Waals surface area contributed by atoms with Crippen LogP contribution in [0.15, 0.2) is 53.1 Å². The maximum Gasteiger partial charge on any atom is 0.0481 e. The van der Waals surface area contributed by atoms with E-state index in [4.69, 9.17) is 0 Å². The highest BCUT2D eigenvalue weighted by atomic mass is 15.3. The number of allylic oxidation sites excluding steroid dienone is 3. The van der Waals surface area contributed by atoms with Crippen LogP contribution in [0.4, 0.5) is 5.69 Å². The van der Waals surface area contributed by atoms with Gasteiger partial charge < -0.3 is 4.90 Å². The molecule has 26 heavy (non-hydrogen) atoms. The summed E-state index contributed by atoms with van der Waals surface area (Å²) in [6.07, 6.45) is 10.8. The van der Waals surface area contributed by atoms with Crippen molar-refractivity contribution < 1.29 is 0 Å². The Balaban J connectivity index is 0.000000948. The lowest BCUT2D eigenvalue weighted by Gasteiger charge is -2.42. The van der Waals surface area contributed by atoms with Gasteiger partial charge in [0.1, 0.15) is 0 Å². The monoisotopic (exact) mass is 349 g/mol. The van der Waals surface area contributed by atoms with Gasteiger partial charge in [0.05, 0.1) is 0 Å². The summed E-state index contributed by atoms with van der Waals surface area (Å²) in [4.78, 5) is 2.69. The third kappa shape index (κ3) is 2.76. The smallest absolute Gasteiger partial charge is 0.0481 e. The molecule has 1 aliphatic heterocycles. The largest absolute Gasteiger partial charge is 0.359 e. The molecule has 140 valence electrons. The number of rotatable bonds is 2. The maximum atomic E-state index is 2.69. The van der Waals surface area contributed by atoms with E-state index >= 15 is 0 Å². The molecule has 0 aromatic heterocycles. The fraction of sp³-hybridized carbons (Fsp3) is 0.520. The fourth-order valence-electron chi connectivity index (χ4n) is 5.30. The molecule has 1 heterocycles. The Hall–Kier alpha value is -1.76. The van der Waals surface area contributed by atoms with Crippen molar-refractivity contribution in [3.63, 3.8) is 0 Å². The molecule has 3 atom stereocenters. The lowest BCUT2D eigenvalue weighted by Crippen LogP contribution is -2.46. The van der Waals surface area contributed by atoms with Crippen LogP contribution in [0, 0.1) is 5.41 Å². The van der Waals surface area contributed by atoms with Crippen LogP contribution in [0.2, 0.25) is 0 Å². The quantitative estimate of drug-likeness (QED) is 0.547. The third-order valence-corrected chi connectivity index (χ3v) is 6.83. The van der Waals surface area contributed by atoms with Crippen molar-refractivity contribution in [2.45, 2.75) is 79.3 Å². The first kappa shape index (κ1) is 19.0. The summed E-state index contributed by atoms with van der Waals surface area (Å²) in [5, 5.41) is 0. The van der Waals surface area contributed by atoms with E-state index in [1.54, 1.807) is 5.57 Å². The standard InChI is InChI=1S/C23H29N.C2H6/c1-16-10-13-20(17(2)14-16)22(4)15-23(22,5)24-18(3)11-12-19-8-6-7-9-21(19)24;1-2/h6-9,11-12,14,18H,10,13,15H2,1-5H3;1-2H3. The summed E-state index contributed by atoms with van der Waals surface area (Å²) in [6.45, 7) is 15.9. The van der Waals surface area contributed by atoms with Crippen molar-refractivity contribution in [3.8, 4) is 0 Å². The number of hydrogen-bond acceptors (Lipinski definition) is 1. The van der Waals surface area contributed by atoms with Crippen LogP contribution in [-0.2, 0) is 0 Å². The van der Waals surface area contributed by atoms with Crippen molar-refractivity contribution in [3.05, 3.63) is 58.7 Å². The summed E-state index contributed by atoms with van der Waals surface area (Å²) in [7, 11) is 0. The molecule has 0 N–H and O–H groups in total. The van der Waals surface area contributed by atoms with Crippen LogP contribution in [0.1, 0.15) is 73.3 Å². The number of para-hydroxylation sites is 1. The summed E-state index contributed by atoms with van der Waals surface area (Å²) in [5.74, 6) is 0. The predicted molar refractivity (Wildman–Crippen MR) is 116 cm³/mol. The zero-order chi connectivity index (χ0) is 19.1. The normalized spacial score (nSPS) is 32.5. The minimum absolute atomic E-state index is 0.211. The van der Waals surface area contributed by atoms with E-state index in [9.17, 15) is 0 Å². The third-order valence-electron chi connectivity index (χ3n) is 6.83. The Morgan fingerprint density at radius 3 is 2.42 bits per heavy atom. The van der Waals surface area contributed by atoms with Gasteiger partial charge in [-0.2, -0.15) is 0 Å². The molecule has 0 radical (unpaired) electrons. The minimum Gasteiger partial charge on any atom is -0.359 e. The number of anilines is 1. The lowest BCUT2D eigenvalue weighted by atomic mass is 9.81. The van der Waals surface area contributed by atoms with Crippen LogP contribution in [0.25, 0.3) is 6.08 Å². The molecular weight excluding hydrogens is 314 g/mol. The minimum atomic E-state index is 0.211. The number of fused-ring (bicyclic) bond motifs is 1. The Labute approximate surface area is 160 Å². The van der Waals surface area contributed by atoms with Gasteiger partial charge in [-0.3, -0.25) is 0 Å². The Bertz CT molecular complexity index is 781. The van der Waals surface area contributed by atoms with Crippen LogP contribution in [0.5, 0.6) is 0 Å². The molecule has 1 aromatic carbocycles. The van der Waals surface area contributed by atoms with Gasteiger partial charge in [0, 0.05) is 22.7 Å². The Morgan fingerprint density at radius 2 is 1.73 bits per heavy atom. The van der Waals surface area contributed by atoms with Crippen molar-refractivity contribution >= 4 is 11.8 Å². The predicted octanol–water partition coefficient (Wildman–Crippen LogP) is 7.16. The van der Waals surface area contributed by atoms with E-state index in [1.807, 2.05) is 13.8 Å². The number of hydrogen-bond donors (Lipinski definition) is 0. The Morgan fingerprint density at radius 1 is 1.04 bits per heavy atom. The fourth-order valence-corrected chi connectivity index (χ4v) is 5.30. The van der Waals surface area contributed by atoms with Gasteiger partial charge in [-0.25, -0.2) is 0 Å². The molecule has 0 saturated heterocycles. The molecular formula is C25H35N. The molecule has 0 amide bonds. The highest BCUT2D eigenvalue weighted by Gasteiger charge is 2.66. The molecule has 1 heteroatoms. The van der Waals surface area contributed by atoms with Gasteiger partial charge in [0.25, 0.3) is 0 Å². The molecule has 2 aliphatic carbocycles. The van der Waals surface area contributed by atoms with Crippen LogP contribution < -0.4 is 4.90 Å². The highest BCUT2D eigenvalue weighted by molar-refractivity contribution is 5.74.